The van der Waals surface area contributed by atoms with Crippen LogP contribution in [0.5, 0.6) is 0 Å². The molecule has 0 radical (unpaired) electrons. The molecular formula is C20H22ClFN2O2. The van der Waals surface area contributed by atoms with Crippen LogP contribution < -0.4 is 10.6 Å². The topological polar surface area (TPSA) is 58.2 Å². The summed E-state index contributed by atoms with van der Waals surface area (Å²) >= 11 is 6.05. The SMILES string of the molecule is CC(NC(=O)C(NC(=O)c1ccccc1Cl)C(C)C)c1ccc(F)cc1. The first-order chi connectivity index (χ1) is 12.3. The highest BCUT2D eigenvalue weighted by Crippen LogP contribution is 2.17. The van der Waals surface area contributed by atoms with Crippen molar-refractivity contribution in [2.75, 3.05) is 0 Å². The maximum absolute atomic E-state index is 13.0. The normalized spacial score (nSPS) is 13.2. The van der Waals surface area contributed by atoms with E-state index < -0.39 is 11.9 Å². The molecule has 2 aromatic rings. The van der Waals surface area contributed by atoms with Gasteiger partial charge in [0, 0.05) is 0 Å². The van der Waals surface area contributed by atoms with E-state index in [1.54, 1.807) is 43.3 Å². The Kier molecular flexibility index (Phi) is 6.75. The van der Waals surface area contributed by atoms with Crippen molar-refractivity contribution in [3.63, 3.8) is 0 Å². The predicted molar refractivity (Wildman–Crippen MR) is 101 cm³/mol. The van der Waals surface area contributed by atoms with Crippen LogP contribution in [0.15, 0.2) is 48.5 Å². The molecule has 2 amide bonds. The Morgan fingerprint density at radius 2 is 1.58 bits per heavy atom. The van der Waals surface area contributed by atoms with Gasteiger partial charge in [-0.3, -0.25) is 9.59 Å². The smallest absolute Gasteiger partial charge is 0.253 e. The van der Waals surface area contributed by atoms with Gasteiger partial charge in [-0.05, 0) is 42.7 Å². The average molecular weight is 377 g/mol. The third-order valence-corrected chi connectivity index (χ3v) is 4.41. The lowest BCUT2D eigenvalue weighted by molar-refractivity contribution is -0.124. The Balaban J connectivity index is 2.08. The minimum atomic E-state index is -0.721. The third kappa shape index (κ3) is 5.05. The molecule has 0 fully saturated rings. The standard InChI is InChI=1S/C20H22ClFN2O2/c1-12(2)18(24-19(25)16-6-4-5-7-17(16)21)20(26)23-13(3)14-8-10-15(22)11-9-14/h4-13,18H,1-3H3,(H,23,26)(H,24,25). The molecule has 26 heavy (non-hydrogen) atoms. The van der Waals surface area contributed by atoms with Crippen LogP contribution in [0.25, 0.3) is 0 Å². The Bertz CT molecular complexity index is 778. The highest BCUT2D eigenvalue weighted by atomic mass is 35.5. The van der Waals surface area contributed by atoms with Crippen LogP contribution in [0.2, 0.25) is 5.02 Å². The summed E-state index contributed by atoms with van der Waals surface area (Å²) < 4.78 is 13.0. The highest BCUT2D eigenvalue weighted by molar-refractivity contribution is 6.33. The Morgan fingerprint density at radius 1 is 0.962 bits per heavy atom. The molecule has 0 spiro atoms. The van der Waals surface area contributed by atoms with E-state index in [1.807, 2.05) is 13.8 Å². The number of rotatable bonds is 6. The summed E-state index contributed by atoms with van der Waals surface area (Å²) in [5.74, 6) is -1.17. The van der Waals surface area contributed by atoms with E-state index in [-0.39, 0.29) is 23.7 Å². The number of halogens is 2. The molecule has 0 saturated carbocycles. The molecule has 2 unspecified atom stereocenters. The first-order valence-corrected chi connectivity index (χ1v) is 8.78. The molecule has 0 aliphatic carbocycles. The second-order valence-electron chi connectivity index (χ2n) is 6.46. The molecule has 2 N–H and O–H groups in total. The fraction of sp³-hybridized carbons (Fsp3) is 0.300. The fourth-order valence-electron chi connectivity index (χ4n) is 2.54. The quantitative estimate of drug-likeness (QED) is 0.797. The summed E-state index contributed by atoms with van der Waals surface area (Å²) in [7, 11) is 0. The van der Waals surface area contributed by atoms with Gasteiger partial charge in [0.25, 0.3) is 5.91 Å². The number of carbonyl (C=O) groups excluding carboxylic acids is 2. The van der Waals surface area contributed by atoms with Crippen LogP contribution in [0.1, 0.15) is 42.7 Å². The zero-order valence-electron chi connectivity index (χ0n) is 14.9. The second kappa shape index (κ2) is 8.81. The van der Waals surface area contributed by atoms with Crippen LogP contribution in [0.4, 0.5) is 4.39 Å². The van der Waals surface area contributed by atoms with Gasteiger partial charge in [-0.15, -0.1) is 0 Å². The lowest BCUT2D eigenvalue weighted by Crippen LogP contribution is -2.50. The molecule has 2 atom stereocenters. The molecule has 2 aromatic carbocycles. The van der Waals surface area contributed by atoms with E-state index in [0.717, 1.165) is 5.56 Å². The van der Waals surface area contributed by atoms with E-state index >= 15 is 0 Å². The van der Waals surface area contributed by atoms with E-state index in [1.165, 1.54) is 12.1 Å². The maximum Gasteiger partial charge on any atom is 0.253 e. The number of amides is 2. The Hall–Kier alpha value is -2.40. The van der Waals surface area contributed by atoms with Crippen molar-refractivity contribution in [2.24, 2.45) is 5.92 Å². The van der Waals surface area contributed by atoms with Gasteiger partial charge in [0.15, 0.2) is 0 Å². The van der Waals surface area contributed by atoms with Crippen LogP contribution in [0, 0.1) is 11.7 Å². The molecular weight excluding hydrogens is 355 g/mol. The summed E-state index contributed by atoms with van der Waals surface area (Å²) in [6, 6.07) is 11.6. The van der Waals surface area contributed by atoms with Crippen molar-refractivity contribution in [2.45, 2.75) is 32.9 Å². The van der Waals surface area contributed by atoms with Gasteiger partial charge in [-0.25, -0.2) is 4.39 Å². The lowest BCUT2D eigenvalue weighted by Gasteiger charge is -2.24. The summed E-state index contributed by atoms with van der Waals surface area (Å²) in [5, 5.41) is 5.93. The summed E-state index contributed by atoms with van der Waals surface area (Å²) in [5.41, 5.74) is 1.10. The molecule has 4 nitrogen and oxygen atoms in total. The number of nitrogens with one attached hydrogen (secondary N) is 2. The number of carbonyl (C=O) groups is 2. The number of benzene rings is 2. The zero-order chi connectivity index (χ0) is 19.3. The lowest BCUT2D eigenvalue weighted by atomic mass is 10.0. The van der Waals surface area contributed by atoms with E-state index in [2.05, 4.69) is 10.6 Å². The van der Waals surface area contributed by atoms with Crippen molar-refractivity contribution in [1.29, 1.82) is 0 Å². The molecule has 0 heterocycles. The molecule has 2 rings (SSSR count). The van der Waals surface area contributed by atoms with Crippen molar-refractivity contribution in [1.82, 2.24) is 10.6 Å². The molecule has 0 aliphatic rings. The van der Waals surface area contributed by atoms with Gasteiger partial charge >= 0.3 is 0 Å². The van der Waals surface area contributed by atoms with E-state index in [0.29, 0.717) is 10.6 Å². The zero-order valence-corrected chi connectivity index (χ0v) is 15.7. The molecule has 0 aromatic heterocycles. The Labute approximate surface area is 157 Å². The highest BCUT2D eigenvalue weighted by Gasteiger charge is 2.26. The van der Waals surface area contributed by atoms with E-state index in [4.69, 9.17) is 11.6 Å². The van der Waals surface area contributed by atoms with Crippen LogP contribution in [0.3, 0.4) is 0 Å². The van der Waals surface area contributed by atoms with Gasteiger partial charge in [-0.1, -0.05) is 49.7 Å². The third-order valence-electron chi connectivity index (χ3n) is 4.08. The molecule has 0 saturated heterocycles. The average Bonchev–Trinajstić information content (AvgIpc) is 2.59. The fourth-order valence-corrected chi connectivity index (χ4v) is 2.76. The first kappa shape index (κ1) is 19.9. The monoisotopic (exact) mass is 376 g/mol. The predicted octanol–water partition coefficient (Wildman–Crippen LogP) is 4.11. The minimum absolute atomic E-state index is 0.123. The van der Waals surface area contributed by atoms with Crippen LogP contribution in [-0.4, -0.2) is 17.9 Å². The Morgan fingerprint density at radius 3 is 2.15 bits per heavy atom. The van der Waals surface area contributed by atoms with E-state index in [9.17, 15) is 14.0 Å². The van der Waals surface area contributed by atoms with Crippen LogP contribution in [-0.2, 0) is 4.79 Å². The second-order valence-corrected chi connectivity index (χ2v) is 6.86. The molecule has 6 heteroatoms. The van der Waals surface area contributed by atoms with Gasteiger partial charge in [0.1, 0.15) is 11.9 Å². The van der Waals surface area contributed by atoms with Gasteiger partial charge in [0.05, 0.1) is 16.6 Å². The van der Waals surface area contributed by atoms with Crippen molar-refractivity contribution < 1.29 is 14.0 Å². The summed E-state index contributed by atoms with van der Waals surface area (Å²) in [6.45, 7) is 5.50. The summed E-state index contributed by atoms with van der Waals surface area (Å²) in [4.78, 5) is 25.1. The first-order valence-electron chi connectivity index (χ1n) is 8.41. The van der Waals surface area contributed by atoms with Crippen molar-refractivity contribution in [3.05, 3.63) is 70.5 Å². The molecule has 0 aliphatic heterocycles. The van der Waals surface area contributed by atoms with Gasteiger partial charge < -0.3 is 10.6 Å². The number of hydrogen-bond donors (Lipinski definition) is 2. The molecule has 0 bridgehead atoms. The van der Waals surface area contributed by atoms with Crippen molar-refractivity contribution in [3.8, 4) is 0 Å². The number of hydrogen-bond acceptors (Lipinski definition) is 2. The van der Waals surface area contributed by atoms with Gasteiger partial charge in [0.2, 0.25) is 5.91 Å². The van der Waals surface area contributed by atoms with Gasteiger partial charge in [-0.2, -0.15) is 0 Å². The maximum atomic E-state index is 13.0. The minimum Gasteiger partial charge on any atom is -0.348 e. The van der Waals surface area contributed by atoms with Crippen molar-refractivity contribution >= 4 is 23.4 Å². The van der Waals surface area contributed by atoms with Crippen LogP contribution >= 0.6 is 11.6 Å². The largest absolute Gasteiger partial charge is 0.348 e. The molecule has 138 valence electrons. The summed E-state index contributed by atoms with van der Waals surface area (Å²) in [6.07, 6.45) is 0.